The molecule has 0 aromatic rings. The molecule has 0 bridgehead atoms. The number of ether oxygens (including phenoxy) is 1. The number of allylic oxidation sites excluding steroid dienone is 3. The van der Waals surface area contributed by atoms with E-state index in [0.29, 0.717) is 29.7 Å². The van der Waals surface area contributed by atoms with Gasteiger partial charge in [-0.3, -0.25) is 0 Å². The minimum Gasteiger partial charge on any atom is -0.388 e. The number of rotatable bonds is 7. The maximum absolute atomic E-state index is 10.2. The van der Waals surface area contributed by atoms with Crippen LogP contribution >= 0.6 is 0 Å². The van der Waals surface area contributed by atoms with Crippen molar-refractivity contribution < 1.29 is 14.9 Å². The first kappa shape index (κ1) is 25.2. The molecule has 4 aliphatic carbocycles. The summed E-state index contributed by atoms with van der Waals surface area (Å²) >= 11 is 0. The van der Waals surface area contributed by atoms with Crippen molar-refractivity contribution in [2.45, 2.75) is 122 Å². The van der Waals surface area contributed by atoms with Crippen molar-refractivity contribution in [3.63, 3.8) is 0 Å². The van der Waals surface area contributed by atoms with Crippen molar-refractivity contribution in [1.29, 1.82) is 0 Å². The summed E-state index contributed by atoms with van der Waals surface area (Å²) in [7, 11) is 1.92. The molecule has 0 heterocycles. The van der Waals surface area contributed by atoms with Crippen molar-refractivity contribution in [1.82, 2.24) is 0 Å². The summed E-state index contributed by atoms with van der Waals surface area (Å²) in [6.07, 6.45) is 20.2. The van der Waals surface area contributed by atoms with Crippen molar-refractivity contribution in [3.8, 4) is 0 Å². The summed E-state index contributed by atoms with van der Waals surface area (Å²) in [6.45, 7) is 8.94. The van der Waals surface area contributed by atoms with Crippen LogP contribution in [0.3, 0.4) is 0 Å². The molecule has 0 aliphatic heterocycles. The Kier molecular flexibility index (Phi) is 7.93. The van der Waals surface area contributed by atoms with Gasteiger partial charge in [0, 0.05) is 7.11 Å². The van der Waals surface area contributed by atoms with Crippen molar-refractivity contribution in [2.24, 2.45) is 23.2 Å². The molecule has 4 fully saturated rings. The van der Waals surface area contributed by atoms with E-state index in [1.165, 1.54) is 77.0 Å². The topological polar surface area (TPSA) is 49.7 Å². The van der Waals surface area contributed by atoms with E-state index < -0.39 is 12.2 Å². The second-order valence-corrected chi connectivity index (χ2v) is 12.1. The lowest BCUT2D eigenvalue weighted by Gasteiger charge is -2.44. The molecule has 0 aromatic heterocycles. The Bertz CT molecular complexity index is 743. The van der Waals surface area contributed by atoms with Crippen LogP contribution < -0.4 is 0 Å². The molecule has 0 saturated heterocycles. The van der Waals surface area contributed by atoms with Crippen LogP contribution in [0.4, 0.5) is 0 Å². The minimum atomic E-state index is -0.604. The lowest BCUT2D eigenvalue weighted by Crippen LogP contribution is -2.36. The quantitative estimate of drug-likeness (QED) is 0.410. The van der Waals surface area contributed by atoms with Gasteiger partial charge in [-0.2, -0.15) is 0 Å². The molecule has 6 atom stereocenters. The smallest absolute Gasteiger partial charge is 0.0809 e. The molecule has 0 radical (unpaired) electrons. The Morgan fingerprint density at radius 3 is 2.42 bits per heavy atom. The van der Waals surface area contributed by atoms with Crippen LogP contribution in [0.5, 0.6) is 0 Å². The van der Waals surface area contributed by atoms with Gasteiger partial charge in [0.05, 0.1) is 17.8 Å². The molecular weight excluding hydrogens is 408 g/mol. The van der Waals surface area contributed by atoms with Crippen LogP contribution in [-0.4, -0.2) is 35.1 Å². The Labute approximate surface area is 202 Å². The van der Waals surface area contributed by atoms with Gasteiger partial charge in [-0.25, -0.2) is 0 Å². The Hall–Kier alpha value is -0.900. The SMILES string of the molecule is C=C1[C@H](O)CC(=C/C=C2\CCC[C@]3(C)[C@@H]([C@@H](C)CCCC4(OC)CCCC4)CC[C@@H]23)C[C@H]1O. The second-order valence-electron chi connectivity index (χ2n) is 12.1. The Morgan fingerprint density at radius 1 is 1.06 bits per heavy atom. The van der Waals surface area contributed by atoms with E-state index in [0.717, 1.165) is 17.4 Å². The van der Waals surface area contributed by atoms with Gasteiger partial charge < -0.3 is 14.9 Å². The van der Waals surface area contributed by atoms with E-state index in [-0.39, 0.29) is 5.60 Å². The van der Waals surface area contributed by atoms with Crippen molar-refractivity contribution >= 4 is 0 Å². The highest BCUT2D eigenvalue weighted by molar-refractivity contribution is 5.29. The molecule has 3 heteroatoms. The van der Waals surface area contributed by atoms with Gasteiger partial charge >= 0.3 is 0 Å². The molecule has 186 valence electrons. The zero-order valence-corrected chi connectivity index (χ0v) is 21.5. The number of methoxy groups -OCH3 is 1. The van der Waals surface area contributed by atoms with E-state index in [4.69, 9.17) is 4.74 Å². The fraction of sp³-hybridized carbons (Fsp3) is 0.800. The third-order valence-electron chi connectivity index (χ3n) is 10.3. The monoisotopic (exact) mass is 456 g/mol. The third-order valence-corrected chi connectivity index (χ3v) is 10.3. The number of hydrogen-bond donors (Lipinski definition) is 2. The van der Waals surface area contributed by atoms with Gasteiger partial charge in [0.25, 0.3) is 0 Å². The third kappa shape index (κ3) is 5.21. The number of fused-ring (bicyclic) bond motifs is 1. The van der Waals surface area contributed by atoms with E-state index in [1.54, 1.807) is 5.57 Å². The summed E-state index contributed by atoms with van der Waals surface area (Å²) in [4.78, 5) is 0. The fourth-order valence-electron chi connectivity index (χ4n) is 8.16. The zero-order valence-electron chi connectivity index (χ0n) is 21.5. The van der Waals surface area contributed by atoms with Crippen LogP contribution in [0.1, 0.15) is 104 Å². The second kappa shape index (κ2) is 10.4. The van der Waals surface area contributed by atoms with Gasteiger partial charge in [0.2, 0.25) is 0 Å². The fourth-order valence-corrected chi connectivity index (χ4v) is 8.16. The van der Waals surface area contributed by atoms with Gasteiger partial charge in [0.1, 0.15) is 0 Å². The van der Waals surface area contributed by atoms with E-state index in [1.807, 2.05) is 7.11 Å². The van der Waals surface area contributed by atoms with E-state index in [9.17, 15) is 10.2 Å². The highest BCUT2D eigenvalue weighted by Gasteiger charge is 2.50. The maximum Gasteiger partial charge on any atom is 0.0809 e. The van der Waals surface area contributed by atoms with Crippen LogP contribution in [-0.2, 0) is 4.74 Å². The molecule has 4 rings (SSSR count). The standard InChI is InChI=1S/C30H48O3/c1-21(9-7-18-30(33-4)16-5-6-17-30)25-13-14-26-24(10-8-15-29(25,26)3)12-11-23-19-27(31)22(2)28(32)20-23/h11-12,21,25-28,31-32H,2,5-10,13-20H2,1,3-4H3/b24-12+/t21-,25+,26-,27+,28+,29+/m0/s1. The molecule has 0 unspecified atom stereocenters. The summed E-state index contributed by atoms with van der Waals surface area (Å²) in [5.74, 6) is 2.30. The predicted molar refractivity (Wildman–Crippen MR) is 136 cm³/mol. The van der Waals surface area contributed by atoms with Crippen molar-refractivity contribution in [3.05, 3.63) is 35.5 Å². The molecule has 2 N–H and O–H groups in total. The van der Waals surface area contributed by atoms with Gasteiger partial charge in [-0.05, 0) is 93.0 Å². The Balaban J connectivity index is 1.38. The molecule has 3 nitrogen and oxygen atoms in total. The molecule has 4 saturated carbocycles. The molecule has 0 spiro atoms. The van der Waals surface area contributed by atoms with E-state index in [2.05, 4.69) is 32.6 Å². The van der Waals surface area contributed by atoms with Crippen LogP contribution in [0.25, 0.3) is 0 Å². The van der Waals surface area contributed by atoms with E-state index >= 15 is 0 Å². The van der Waals surface area contributed by atoms with Gasteiger partial charge in [0.15, 0.2) is 0 Å². The summed E-state index contributed by atoms with van der Waals surface area (Å²) in [5.41, 5.74) is 3.95. The zero-order chi connectivity index (χ0) is 23.6. The number of aliphatic hydroxyl groups is 2. The molecule has 0 aromatic carbocycles. The number of aliphatic hydroxyl groups excluding tert-OH is 2. The van der Waals surface area contributed by atoms with Gasteiger partial charge in [-0.15, -0.1) is 0 Å². The summed E-state index contributed by atoms with van der Waals surface area (Å²) < 4.78 is 5.97. The molecule has 4 aliphatic rings. The number of hydrogen-bond acceptors (Lipinski definition) is 3. The maximum atomic E-state index is 10.2. The molecular formula is C30H48O3. The largest absolute Gasteiger partial charge is 0.388 e. The first-order valence-corrected chi connectivity index (χ1v) is 13.8. The first-order chi connectivity index (χ1) is 15.8. The minimum absolute atomic E-state index is 0.183. The van der Waals surface area contributed by atoms with Crippen molar-refractivity contribution in [2.75, 3.05) is 7.11 Å². The average Bonchev–Trinajstić information content (AvgIpc) is 3.40. The lowest BCUT2D eigenvalue weighted by atomic mass is 9.60. The van der Waals surface area contributed by atoms with Crippen LogP contribution in [0, 0.1) is 23.2 Å². The lowest BCUT2D eigenvalue weighted by molar-refractivity contribution is -0.0150. The summed E-state index contributed by atoms with van der Waals surface area (Å²) in [5, 5.41) is 20.4. The highest BCUT2D eigenvalue weighted by Crippen LogP contribution is 2.60. The molecule has 33 heavy (non-hydrogen) atoms. The van der Waals surface area contributed by atoms with Crippen LogP contribution in [0.2, 0.25) is 0 Å². The van der Waals surface area contributed by atoms with Gasteiger partial charge in [-0.1, -0.05) is 69.4 Å². The first-order valence-electron chi connectivity index (χ1n) is 13.8. The normalized spacial score (nSPS) is 38.5. The predicted octanol–water partition coefficient (Wildman–Crippen LogP) is 6.89. The van der Waals surface area contributed by atoms with Crippen LogP contribution in [0.15, 0.2) is 35.5 Å². The average molecular weight is 457 g/mol. The summed E-state index contributed by atoms with van der Waals surface area (Å²) in [6, 6.07) is 0. The highest BCUT2D eigenvalue weighted by atomic mass is 16.5. The molecule has 0 amide bonds. The Morgan fingerprint density at radius 2 is 1.76 bits per heavy atom.